The van der Waals surface area contributed by atoms with Gasteiger partial charge in [-0.05, 0) is 32.8 Å². The van der Waals surface area contributed by atoms with E-state index < -0.39 is 18.0 Å². The third kappa shape index (κ3) is 4.12. The maximum absolute atomic E-state index is 12.8. The second kappa shape index (κ2) is 8.93. The van der Waals surface area contributed by atoms with Gasteiger partial charge in [0.1, 0.15) is 15.7 Å². The van der Waals surface area contributed by atoms with E-state index in [2.05, 4.69) is 11.9 Å². The molecule has 2 heterocycles. The molecule has 0 saturated carbocycles. The Morgan fingerprint density at radius 3 is 2.65 bits per heavy atom. The first kappa shape index (κ1) is 20.1. The minimum absolute atomic E-state index is 0.255. The number of hydrogen-bond acceptors (Lipinski definition) is 7. The van der Waals surface area contributed by atoms with Gasteiger partial charge in [-0.3, -0.25) is 9.36 Å². The second-order valence-electron chi connectivity index (χ2n) is 5.96. The summed E-state index contributed by atoms with van der Waals surface area (Å²) in [6.07, 6.45) is 4.15. The van der Waals surface area contributed by atoms with Crippen LogP contribution >= 0.6 is 11.3 Å². The average molecular weight is 380 g/mol. The third-order valence-corrected chi connectivity index (χ3v) is 5.27. The van der Waals surface area contributed by atoms with Crippen LogP contribution in [0.4, 0.5) is 0 Å². The minimum atomic E-state index is -0.786. The van der Waals surface area contributed by atoms with Gasteiger partial charge in [0.2, 0.25) is 0 Å². The number of rotatable bonds is 8. The first-order chi connectivity index (χ1) is 12.4. The molecule has 0 aromatic carbocycles. The predicted molar refractivity (Wildman–Crippen MR) is 99.8 cm³/mol. The molecular formula is C18H24N2O5S. The summed E-state index contributed by atoms with van der Waals surface area (Å²) in [5.74, 6) is -0.940. The summed E-state index contributed by atoms with van der Waals surface area (Å²) in [7, 11) is 0. The number of aromatic nitrogens is 2. The van der Waals surface area contributed by atoms with Crippen molar-refractivity contribution in [2.75, 3.05) is 13.2 Å². The van der Waals surface area contributed by atoms with Crippen molar-refractivity contribution in [3.8, 4) is 0 Å². The van der Waals surface area contributed by atoms with Crippen molar-refractivity contribution < 1.29 is 19.1 Å². The van der Waals surface area contributed by atoms with E-state index in [1.54, 1.807) is 20.8 Å². The van der Waals surface area contributed by atoms with Crippen LogP contribution < -0.4 is 5.56 Å². The van der Waals surface area contributed by atoms with E-state index in [1.807, 2.05) is 0 Å². The number of carbonyl (C=O) groups excluding carboxylic acids is 2. The monoisotopic (exact) mass is 380 g/mol. The number of fused-ring (bicyclic) bond motifs is 1. The number of esters is 2. The lowest BCUT2D eigenvalue weighted by molar-refractivity contribution is -0.147. The van der Waals surface area contributed by atoms with E-state index >= 15 is 0 Å². The molecule has 0 spiro atoms. The van der Waals surface area contributed by atoms with Crippen LogP contribution in [0.1, 0.15) is 61.3 Å². The Kier molecular flexibility index (Phi) is 6.90. The fourth-order valence-electron chi connectivity index (χ4n) is 2.56. The fourth-order valence-corrected chi connectivity index (χ4v) is 3.60. The zero-order valence-electron chi connectivity index (χ0n) is 15.5. The summed E-state index contributed by atoms with van der Waals surface area (Å²) in [5.41, 5.74) is 0.163. The molecule has 142 valence electrons. The van der Waals surface area contributed by atoms with E-state index in [0.717, 1.165) is 30.6 Å². The van der Waals surface area contributed by atoms with Gasteiger partial charge in [-0.1, -0.05) is 19.8 Å². The highest BCUT2D eigenvalue weighted by Crippen LogP contribution is 2.27. The van der Waals surface area contributed by atoms with Crippen LogP contribution in [0.15, 0.2) is 11.1 Å². The number of carbonyl (C=O) groups is 2. The normalized spacial score (nSPS) is 12.2. The molecule has 1 atom stereocenters. The molecule has 0 aliphatic rings. The fraction of sp³-hybridized carbons (Fsp3) is 0.556. The molecule has 26 heavy (non-hydrogen) atoms. The number of aryl methyl sites for hydroxylation is 1. The highest BCUT2D eigenvalue weighted by Gasteiger charge is 2.24. The molecule has 0 fully saturated rings. The van der Waals surface area contributed by atoms with Gasteiger partial charge >= 0.3 is 11.9 Å². The SMILES string of the molecule is CCCCCOC(=O)[C@H](C)n1cnc2sc(C(=O)OCC)c(C)c2c1=O. The van der Waals surface area contributed by atoms with Crippen LogP contribution in [0.3, 0.4) is 0 Å². The molecule has 2 aromatic rings. The number of nitrogens with zero attached hydrogens (tertiary/aromatic N) is 2. The second-order valence-corrected chi connectivity index (χ2v) is 6.96. The Hall–Kier alpha value is -2.22. The van der Waals surface area contributed by atoms with E-state index in [9.17, 15) is 14.4 Å². The molecule has 0 unspecified atom stereocenters. The van der Waals surface area contributed by atoms with Gasteiger partial charge in [0.25, 0.3) is 5.56 Å². The van der Waals surface area contributed by atoms with Crippen LogP contribution in [0.2, 0.25) is 0 Å². The average Bonchev–Trinajstić information content (AvgIpc) is 2.96. The smallest absolute Gasteiger partial charge is 0.348 e. The molecule has 0 N–H and O–H groups in total. The van der Waals surface area contributed by atoms with Crippen LogP contribution in [0, 0.1) is 6.92 Å². The lowest BCUT2D eigenvalue weighted by Gasteiger charge is -2.14. The Morgan fingerprint density at radius 1 is 1.27 bits per heavy atom. The number of unbranched alkanes of at least 4 members (excludes halogenated alkanes) is 2. The molecule has 0 radical (unpaired) electrons. The Bertz CT molecular complexity index is 855. The lowest BCUT2D eigenvalue weighted by atomic mass is 10.2. The quantitative estimate of drug-likeness (QED) is 0.516. The van der Waals surface area contributed by atoms with E-state index in [1.165, 1.54) is 10.9 Å². The molecule has 8 heteroatoms. The third-order valence-electron chi connectivity index (χ3n) is 4.09. The maximum atomic E-state index is 12.8. The molecule has 0 amide bonds. The van der Waals surface area contributed by atoms with Gasteiger partial charge < -0.3 is 9.47 Å². The molecular weight excluding hydrogens is 356 g/mol. The summed E-state index contributed by atoms with van der Waals surface area (Å²) in [4.78, 5) is 42.1. The maximum Gasteiger partial charge on any atom is 0.348 e. The molecule has 0 aliphatic heterocycles. The van der Waals surface area contributed by atoms with Crippen LogP contribution in [0.5, 0.6) is 0 Å². The van der Waals surface area contributed by atoms with Gasteiger partial charge in [-0.15, -0.1) is 11.3 Å². The first-order valence-corrected chi connectivity index (χ1v) is 9.57. The Balaban J connectivity index is 2.30. The molecule has 0 saturated heterocycles. The first-order valence-electron chi connectivity index (χ1n) is 8.76. The Labute approximate surface area is 155 Å². The topological polar surface area (TPSA) is 87.5 Å². The van der Waals surface area contributed by atoms with Gasteiger partial charge in [0, 0.05) is 0 Å². The van der Waals surface area contributed by atoms with Crippen molar-refractivity contribution in [3.63, 3.8) is 0 Å². The number of ether oxygens (including phenoxy) is 2. The van der Waals surface area contributed by atoms with Gasteiger partial charge in [-0.25, -0.2) is 14.6 Å². The van der Waals surface area contributed by atoms with Crippen molar-refractivity contribution in [1.82, 2.24) is 9.55 Å². The highest BCUT2D eigenvalue weighted by atomic mass is 32.1. The summed E-state index contributed by atoms with van der Waals surface area (Å²) in [6, 6.07) is -0.786. The predicted octanol–water partition coefficient (Wildman–Crippen LogP) is 3.24. The summed E-state index contributed by atoms with van der Waals surface area (Å²) < 4.78 is 11.5. The molecule has 0 aliphatic carbocycles. The Morgan fingerprint density at radius 2 is 2.00 bits per heavy atom. The van der Waals surface area contributed by atoms with Crippen molar-refractivity contribution in [2.24, 2.45) is 0 Å². The van der Waals surface area contributed by atoms with Crippen molar-refractivity contribution in [1.29, 1.82) is 0 Å². The summed E-state index contributed by atoms with van der Waals surface area (Å²) >= 11 is 1.12. The molecule has 2 aromatic heterocycles. The lowest BCUT2D eigenvalue weighted by Crippen LogP contribution is -2.29. The molecule has 2 rings (SSSR count). The molecule has 7 nitrogen and oxygen atoms in total. The van der Waals surface area contributed by atoms with Crippen molar-refractivity contribution in [2.45, 2.75) is 53.0 Å². The minimum Gasteiger partial charge on any atom is -0.464 e. The van der Waals surface area contributed by atoms with Gasteiger partial charge in [-0.2, -0.15) is 0 Å². The van der Waals surface area contributed by atoms with Crippen LogP contribution in [-0.4, -0.2) is 34.7 Å². The largest absolute Gasteiger partial charge is 0.464 e. The van der Waals surface area contributed by atoms with Crippen molar-refractivity contribution in [3.05, 3.63) is 27.1 Å². The van der Waals surface area contributed by atoms with Gasteiger partial charge in [0.05, 0.1) is 24.9 Å². The summed E-state index contributed by atoms with van der Waals surface area (Å²) in [5, 5.41) is 0.339. The standard InChI is InChI=1S/C18H24N2O5S/c1-5-7-8-9-25-17(22)12(4)20-10-19-15-13(16(20)21)11(3)14(26-15)18(23)24-6-2/h10,12H,5-9H2,1-4H3/t12-/m0/s1. The zero-order chi connectivity index (χ0) is 19.3. The van der Waals surface area contributed by atoms with Crippen LogP contribution in [-0.2, 0) is 14.3 Å². The van der Waals surface area contributed by atoms with Crippen LogP contribution in [0.25, 0.3) is 10.2 Å². The summed E-state index contributed by atoms with van der Waals surface area (Å²) in [6.45, 7) is 7.67. The van der Waals surface area contributed by atoms with E-state index in [-0.39, 0.29) is 12.2 Å². The van der Waals surface area contributed by atoms with Crippen molar-refractivity contribution >= 4 is 33.5 Å². The number of hydrogen-bond donors (Lipinski definition) is 0. The zero-order valence-corrected chi connectivity index (χ0v) is 16.4. The molecule has 0 bridgehead atoms. The highest BCUT2D eigenvalue weighted by molar-refractivity contribution is 7.20. The van der Waals surface area contributed by atoms with E-state index in [0.29, 0.717) is 27.3 Å². The van der Waals surface area contributed by atoms with E-state index in [4.69, 9.17) is 9.47 Å². The van der Waals surface area contributed by atoms with Gasteiger partial charge in [0.15, 0.2) is 0 Å². The number of thiophene rings is 1.